The van der Waals surface area contributed by atoms with Gasteiger partial charge in [0.1, 0.15) is 7.14 Å². The Morgan fingerprint density at radius 1 is 0.564 bits per heavy atom. The number of hydrogen-bond donors (Lipinski definition) is 0. The van der Waals surface area contributed by atoms with Gasteiger partial charge in [-0.3, -0.25) is 4.98 Å². The van der Waals surface area contributed by atoms with E-state index in [1.54, 1.807) is 0 Å². The topological polar surface area (TPSA) is 42.9 Å². The Morgan fingerprint density at radius 3 is 1.80 bits per heavy atom. The third kappa shape index (κ3) is 8.69. The summed E-state index contributed by atoms with van der Waals surface area (Å²) in [6, 6.07) is 55.5. The number of hydrogen-bond acceptors (Lipinski definition) is 3. The molecule has 1 heterocycles. The van der Waals surface area contributed by atoms with E-state index in [9.17, 15) is 4.57 Å². The Kier molecular flexibility index (Phi) is 12.2. The molecule has 3 nitrogen and oxygen atoms in total. The fourth-order valence-corrected chi connectivity index (χ4v) is 9.67. The smallest absolute Gasteiger partial charge is 0.147 e. The first-order valence-corrected chi connectivity index (χ1v) is 20.0. The van der Waals surface area contributed by atoms with E-state index in [-0.39, 0.29) is 20.1 Å². The zero-order valence-corrected chi connectivity index (χ0v) is 35.3. The number of benzene rings is 7. The van der Waals surface area contributed by atoms with Gasteiger partial charge in [-0.25, -0.2) is 0 Å². The SMILES string of the molecule is Cc1[c-]c(-c2ncc(-c3cc(C)ccc3C)nc2-c2cc(C)cc(C)c2)cc(C)c1.O=P(c1[c-]cc2ccccc2c1)(c1ccccc1)c1ccccc1.[Ir]. The van der Waals surface area contributed by atoms with Crippen LogP contribution in [0.3, 0.4) is 0 Å². The van der Waals surface area contributed by atoms with Crippen LogP contribution in [0.15, 0.2) is 152 Å². The van der Waals surface area contributed by atoms with Crippen molar-refractivity contribution < 1.29 is 24.7 Å². The normalized spacial score (nSPS) is 11.0. The molecule has 0 spiro atoms. The first-order valence-electron chi connectivity index (χ1n) is 18.2. The van der Waals surface area contributed by atoms with Gasteiger partial charge >= 0.3 is 0 Å². The van der Waals surface area contributed by atoms with Crippen molar-refractivity contribution in [2.24, 2.45) is 0 Å². The van der Waals surface area contributed by atoms with Crippen molar-refractivity contribution >= 4 is 33.8 Å². The third-order valence-electron chi connectivity index (χ3n) is 9.58. The largest absolute Gasteiger partial charge is 0.311 e. The first kappa shape index (κ1) is 39.5. The zero-order chi connectivity index (χ0) is 37.8. The van der Waals surface area contributed by atoms with E-state index in [2.05, 4.69) is 102 Å². The average Bonchev–Trinajstić information content (AvgIpc) is 3.18. The number of nitrogens with zero attached hydrogens (tertiary/aromatic N) is 2. The van der Waals surface area contributed by atoms with Crippen LogP contribution in [-0.2, 0) is 24.7 Å². The van der Waals surface area contributed by atoms with Crippen LogP contribution in [0.4, 0.5) is 0 Å². The molecule has 0 fully saturated rings. The molecule has 55 heavy (non-hydrogen) atoms. The summed E-state index contributed by atoms with van der Waals surface area (Å²) in [6.45, 7) is 12.7. The van der Waals surface area contributed by atoms with Crippen molar-refractivity contribution in [3.05, 3.63) is 197 Å². The number of rotatable bonds is 6. The Hall–Kier alpha value is -5.24. The first-order chi connectivity index (χ1) is 26.1. The standard InChI is InChI=1S/C28H27N2.C22H16OP.Ir/c1-17-7-8-22(6)25(15-17)26-16-29-27(23-11-18(2)9-19(3)12-23)28(30-26)24-13-20(4)10-21(5)14-24;23-24(20-11-3-1-4-12-20,21-13-5-2-6-14-21)22-16-15-18-9-7-8-10-19(18)17-22;/h7-11,13-16H,1-6H3;1-15,17H;/q2*-1;. The summed E-state index contributed by atoms with van der Waals surface area (Å²) in [4.78, 5) is 10.1. The molecular formula is C50H43IrN2OP-2. The molecule has 0 N–H and O–H groups in total. The van der Waals surface area contributed by atoms with Gasteiger partial charge in [0.05, 0.1) is 11.4 Å². The second-order valence-corrected chi connectivity index (χ2v) is 16.9. The van der Waals surface area contributed by atoms with Gasteiger partial charge < -0.3 is 9.55 Å². The van der Waals surface area contributed by atoms with Crippen LogP contribution in [0.25, 0.3) is 44.5 Å². The summed E-state index contributed by atoms with van der Waals surface area (Å²) in [5.41, 5.74) is 13.1. The maximum absolute atomic E-state index is 14.2. The number of aryl methyl sites for hydroxylation is 6. The van der Waals surface area contributed by atoms with E-state index in [1.807, 2.05) is 103 Å². The van der Waals surface area contributed by atoms with Gasteiger partial charge in [-0.1, -0.05) is 145 Å². The molecule has 5 heteroatoms. The van der Waals surface area contributed by atoms with E-state index < -0.39 is 7.14 Å². The van der Waals surface area contributed by atoms with Crippen molar-refractivity contribution in [1.29, 1.82) is 0 Å². The van der Waals surface area contributed by atoms with Crippen molar-refractivity contribution in [3.8, 4) is 33.8 Å². The quantitative estimate of drug-likeness (QED) is 0.123. The summed E-state index contributed by atoms with van der Waals surface area (Å²) in [5.74, 6) is 0. The molecule has 1 radical (unpaired) electrons. The number of fused-ring (bicyclic) bond motifs is 1. The van der Waals surface area contributed by atoms with Gasteiger partial charge in [0.2, 0.25) is 0 Å². The minimum atomic E-state index is -2.94. The molecule has 0 saturated carbocycles. The van der Waals surface area contributed by atoms with Crippen molar-refractivity contribution in [1.82, 2.24) is 9.97 Å². The molecule has 0 aliphatic heterocycles. The minimum absolute atomic E-state index is 0. The predicted octanol–water partition coefficient (Wildman–Crippen LogP) is 11.4. The van der Waals surface area contributed by atoms with E-state index >= 15 is 0 Å². The summed E-state index contributed by atoms with van der Waals surface area (Å²) in [5, 5.41) is 4.61. The van der Waals surface area contributed by atoms with Gasteiger partial charge in [-0.2, -0.15) is 18.2 Å². The molecule has 0 aliphatic rings. The molecule has 1 aromatic heterocycles. The van der Waals surface area contributed by atoms with E-state index in [1.165, 1.54) is 27.8 Å². The molecule has 275 valence electrons. The van der Waals surface area contributed by atoms with Crippen LogP contribution >= 0.6 is 7.14 Å². The molecule has 0 amide bonds. The summed E-state index contributed by atoms with van der Waals surface area (Å²) in [7, 11) is -2.94. The predicted molar refractivity (Wildman–Crippen MR) is 228 cm³/mol. The molecule has 0 atom stereocenters. The Labute approximate surface area is 339 Å². The Bertz CT molecular complexity index is 2570. The second-order valence-electron chi connectivity index (χ2n) is 14.1. The zero-order valence-electron chi connectivity index (χ0n) is 32.0. The van der Waals surface area contributed by atoms with Gasteiger partial charge in [0.25, 0.3) is 0 Å². The van der Waals surface area contributed by atoms with E-state index in [0.29, 0.717) is 0 Å². The second kappa shape index (κ2) is 17.1. The van der Waals surface area contributed by atoms with Crippen LogP contribution in [0.5, 0.6) is 0 Å². The molecule has 0 bridgehead atoms. The van der Waals surface area contributed by atoms with Crippen LogP contribution in [0.1, 0.15) is 33.4 Å². The summed E-state index contributed by atoms with van der Waals surface area (Å²) in [6.07, 6.45) is 1.90. The summed E-state index contributed by atoms with van der Waals surface area (Å²) < 4.78 is 14.2. The fraction of sp³-hybridized carbons (Fsp3) is 0.120. The Morgan fingerprint density at radius 2 is 1.16 bits per heavy atom. The maximum atomic E-state index is 14.2. The van der Waals surface area contributed by atoms with Crippen LogP contribution in [-0.4, -0.2) is 9.97 Å². The molecule has 0 aliphatic carbocycles. The van der Waals surface area contributed by atoms with Crippen LogP contribution in [0, 0.1) is 53.7 Å². The maximum Gasteiger partial charge on any atom is 0.147 e. The minimum Gasteiger partial charge on any atom is -0.311 e. The average molecular weight is 911 g/mol. The van der Waals surface area contributed by atoms with E-state index in [0.717, 1.165) is 66.0 Å². The molecule has 8 aromatic rings. The molecule has 7 aromatic carbocycles. The van der Waals surface area contributed by atoms with E-state index in [4.69, 9.17) is 9.97 Å². The van der Waals surface area contributed by atoms with Crippen LogP contribution < -0.4 is 15.9 Å². The molecule has 0 saturated heterocycles. The fourth-order valence-electron chi connectivity index (χ4n) is 7.06. The third-order valence-corrected chi connectivity index (χ3v) is 12.6. The van der Waals surface area contributed by atoms with Crippen molar-refractivity contribution in [2.75, 3.05) is 0 Å². The molecule has 8 rings (SSSR count). The van der Waals surface area contributed by atoms with Gasteiger partial charge in [0, 0.05) is 48.2 Å². The van der Waals surface area contributed by atoms with Gasteiger partial charge in [-0.05, 0) is 44.9 Å². The molecular weight excluding hydrogens is 868 g/mol. The summed E-state index contributed by atoms with van der Waals surface area (Å²) >= 11 is 0. The molecule has 0 unspecified atom stereocenters. The number of aromatic nitrogens is 2. The van der Waals surface area contributed by atoms with Gasteiger partial charge in [0.15, 0.2) is 0 Å². The van der Waals surface area contributed by atoms with Gasteiger partial charge in [-0.15, -0.1) is 51.7 Å². The Balaban J connectivity index is 0.000000188. The van der Waals surface area contributed by atoms with Crippen LogP contribution in [0.2, 0.25) is 0 Å². The van der Waals surface area contributed by atoms with Crippen molar-refractivity contribution in [3.63, 3.8) is 0 Å². The monoisotopic (exact) mass is 911 g/mol. The van der Waals surface area contributed by atoms with Crippen molar-refractivity contribution in [2.45, 2.75) is 41.5 Å².